The smallest absolute Gasteiger partial charge is 0.193 e. The van der Waals surface area contributed by atoms with Gasteiger partial charge in [0.1, 0.15) is 18.3 Å². The summed E-state index contributed by atoms with van der Waals surface area (Å²) in [6.45, 7) is 33.7. The Morgan fingerprint density at radius 1 is 0.676 bits per heavy atom. The van der Waals surface area contributed by atoms with Gasteiger partial charge in [0.15, 0.2) is 25.0 Å². The average molecular weight is 528 g/mol. The lowest BCUT2D eigenvalue weighted by Crippen LogP contribution is -2.62. The van der Waals surface area contributed by atoms with Gasteiger partial charge in [0, 0.05) is 7.11 Å². The summed E-state index contributed by atoms with van der Waals surface area (Å²) in [4.78, 5) is 0. The predicted molar refractivity (Wildman–Crippen MR) is 151 cm³/mol. The van der Waals surface area contributed by atoms with Crippen molar-refractivity contribution in [3.8, 4) is 6.07 Å². The van der Waals surface area contributed by atoms with E-state index in [1.54, 1.807) is 7.11 Å². The highest BCUT2D eigenvalue weighted by Crippen LogP contribution is 2.45. The first-order chi connectivity index (χ1) is 14.9. The maximum Gasteiger partial charge on any atom is 0.193 e. The first-order valence-electron chi connectivity index (χ1n) is 12.6. The summed E-state index contributed by atoms with van der Waals surface area (Å²) in [6.07, 6.45) is 0.373. The first-order valence-corrected chi connectivity index (χ1v) is 21.3. The number of nitriles is 1. The number of rotatable bonds is 7. The zero-order chi connectivity index (χ0) is 27.1. The van der Waals surface area contributed by atoms with Crippen molar-refractivity contribution in [2.75, 3.05) is 7.11 Å². The van der Waals surface area contributed by atoms with Crippen molar-refractivity contribution in [1.82, 2.24) is 0 Å². The molecule has 0 heterocycles. The van der Waals surface area contributed by atoms with E-state index in [0.717, 1.165) is 0 Å². The molecule has 1 aliphatic rings. The van der Waals surface area contributed by atoms with E-state index in [2.05, 4.69) is 108 Å². The lowest BCUT2D eigenvalue weighted by atomic mass is 9.90. The van der Waals surface area contributed by atoms with Crippen molar-refractivity contribution in [3.63, 3.8) is 0 Å². The van der Waals surface area contributed by atoms with Crippen LogP contribution in [0.2, 0.25) is 54.4 Å². The molecule has 0 saturated carbocycles. The van der Waals surface area contributed by atoms with Crippen LogP contribution in [0.15, 0.2) is 11.6 Å². The van der Waals surface area contributed by atoms with E-state index < -0.39 is 37.2 Å². The number of methoxy groups -OCH3 is 1. The largest absolute Gasteiger partial charge is 0.408 e. The van der Waals surface area contributed by atoms with E-state index in [1.807, 2.05) is 6.08 Å². The summed E-state index contributed by atoms with van der Waals surface area (Å²) in [5.41, 5.74) is 0.574. The van der Waals surface area contributed by atoms with E-state index in [4.69, 9.17) is 18.0 Å². The van der Waals surface area contributed by atoms with Crippen LogP contribution in [-0.4, -0.2) is 56.5 Å². The number of ether oxygens (including phenoxy) is 1. The van der Waals surface area contributed by atoms with Crippen LogP contribution < -0.4 is 0 Å². The van der Waals surface area contributed by atoms with Crippen molar-refractivity contribution in [1.29, 1.82) is 5.26 Å². The maximum absolute atomic E-state index is 10.1. The highest BCUT2D eigenvalue weighted by atomic mass is 28.4. The predicted octanol–water partition coefficient (Wildman–Crippen LogP) is 7.64. The molecule has 1 aliphatic carbocycles. The van der Waals surface area contributed by atoms with Crippen LogP contribution in [0.4, 0.5) is 0 Å². The third-order valence-electron chi connectivity index (χ3n) is 8.69. The third-order valence-corrected chi connectivity index (χ3v) is 22.1. The van der Waals surface area contributed by atoms with Crippen LogP contribution in [0.5, 0.6) is 0 Å². The van der Waals surface area contributed by atoms with Gasteiger partial charge >= 0.3 is 0 Å². The molecule has 0 fully saturated rings. The van der Waals surface area contributed by atoms with Gasteiger partial charge in [-0.05, 0) is 60.5 Å². The topological polar surface area (TPSA) is 60.7 Å². The SMILES string of the molecule is CO[C@@H]1C(C#N)=C[C@H](O[Si](C)(C)C(C)(C)C)[C@H](O[Si](C)(C)C(C)(C)C)[C@@H]1O[Si](C)(C)C(C)(C)C. The molecule has 0 amide bonds. The van der Waals surface area contributed by atoms with Crippen molar-refractivity contribution in [2.45, 2.75) is 141 Å². The molecule has 0 aromatic rings. The quantitative estimate of drug-likeness (QED) is 0.318. The van der Waals surface area contributed by atoms with Gasteiger partial charge in [0.05, 0.1) is 17.7 Å². The molecular weight excluding hydrogens is 475 g/mol. The summed E-state index contributed by atoms with van der Waals surface area (Å²) in [6, 6.07) is 2.39. The lowest BCUT2D eigenvalue weighted by molar-refractivity contribution is -0.0853. The Morgan fingerprint density at radius 3 is 1.35 bits per heavy atom. The van der Waals surface area contributed by atoms with E-state index in [0.29, 0.717) is 5.57 Å². The lowest BCUT2D eigenvalue weighted by Gasteiger charge is -2.51. The summed E-state index contributed by atoms with van der Waals surface area (Å²) in [7, 11) is -4.89. The number of hydrogen-bond acceptors (Lipinski definition) is 5. The fourth-order valence-electron chi connectivity index (χ4n) is 3.18. The molecule has 0 saturated heterocycles. The average Bonchev–Trinajstić information content (AvgIpc) is 2.60. The molecule has 0 spiro atoms. The monoisotopic (exact) mass is 527 g/mol. The van der Waals surface area contributed by atoms with Crippen LogP contribution in [0.3, 0.4) is 0 Å². The second-order valence-corrected chi connectivity index (χ2v) is 28.7. The van der Waals surface area contributed by atoms with E-state index in [9.17, 15) is 5.26 Å². The summed E-state index contributed by atoms with van der Waals surface area (Å²) in [5, 5.41) is 10.1. The van der Waals surface area contributed by atoms with Crippen molar-refractivity contribution in [3.05, 3.63) is 11.6 Å². The molecule has 0 aliphatic heterocycles. The van der Waals surface area contributed by atoms with Gasteiger partial charge in [-0.15, -0.1) is 0 Å². The molecule has 198 valence electrons. The van der Waals surface area contributed by atoms with Crippen molar-refractivity contribution < 1.29 is 18.0 Å². The number of nitrogens with zero attached hydrogens (tertiary/aromatic N) is 1. The van der Waals surface area contributed by atoms with Gasteiger partial charge in [-0.1, -0.05) is 62.3 Å². The minimum atomic E-state index is -2.21. The molecule has 0 N–H and O–H groups in total. The normalized spacial score (nSPS) is 25.7. The molecule has 0 aromatic carbocycles. The number of hydrogen-bond donors (Lipinski definition) is 0. The standard InChI is InChI=1S/C26H53NO4Si3/c1-24(2,3)32(11,12)29-20-17-19(18-27)21(28-10)23(31-34(15,16)26(7,8)9)22(20)30-33(13,14)25(4,5)6/h17,20-23H,1-16H3/t20-,21+,22-,23+/m0/s1. The molecular formula is C26H53NO4Si3. The minimum Gasteiger partial charge on any atom is -0.408 e. The highest BCUT2D eigenvalue weighted by Gasteiger charge is 2.53. The molecule has 0 bridgehead atoms. The molecule has 5 nitrogen and oxygen atoms in total. The van der Waals surface area contributed by atoms with Crippen molar-refractivity contribution in [2.24, 2.45) is 0 Å². The fraction of sp³-hybridized carbons (Fsp3) is 0.885. The Bertz CT molecular complexity index is 780. The second-order valence-electron chi connectivity index (χ2n) is 14.4. The van der Waals surface area contributed by atoms with Crippen LogP contribution in [0.25, 0.3) is 0 Å². The first kappa shape index (κ1) is 31.8. The summed E-state index contributed by atoms with van der Waals surface area (Å²) in [5.74, 6) is 0. The molecule has 0 aromatic heterocycles. The van der Waals surface area contributed by atoms with Crippen LogP contribution in [0.1, 0.15) is 62.3 Å². The zero-order valence-electron chi connectivity index (χ0n) is 25.0. The summed E-state index contributed by atoms with van der Waals surface area (Å²) >= 11 is 0. The zero-order valence-corrected chi connectivity index (χ0v) is 28.0. The highest BCUT2D eigenvalue weighted by molar-refractivity contribution is 6.75. The van der Waals surface area contributed by atoms with Crippen LogP contribution in [0, 0.1) is 11.3 Å². The van der Waals surface area contributed by atoms with Gasteiger partial charge in [-0.3, -0.25) is 0 Å². The van der Waals surface area contributed by atoms with Gasteiger partial charge < -0.3 is 18.0 Å². The molecule has 8 heteroatoms. The van der Waals surface area contributed by atoms with Gasteiger partial charge in [0.25, 0.3) is 0 Å². The Labute approximate surface area is 214 Å². The third kappa shape index (κ3) is 6.93. The van der Waals surface area contributed by atoms with E-state index in [-0.39, 0.29) is 27.3 Å². The Kier molecular flexibility index (Phi) is 9.56. The summed E-state index contributed by atoms with van der Waals surface area (Å²) < 4.78 is 27.0. The Morgan fingerprint density at radius 2 is 1.03 bits per heavy atom. The second kappa shape index (κ2) is 10.2. The fourth-order valence-corrected chi connectivity index (χ4v) is 7.01. The van der Waals surface area contributed by atoms with Gasteiger partial charge in [-0.2, -0.15) is 5.26 Å². The van der Waals surface area contributed by atoms with E-state index >= 15 is 0 Å². The van der Waals surface area contributed by atoms with Crippen LogP contribution >= 0.6 is 0 Å². The molecule has 0 unspecified atom stereocenters. The molecule has 1 rings (SSSR count). The molecule has 0 radical (unpaired) electrons. The minimum absolute atomic E-state index is 0.0105. The maximum atomic E-state index is 10.1. The van der Waals surface area contributed by atoms with Crippen LogP contribution in [-0.2, 0) is 18.0 Å². The molecule has 4 atom stereocenters. The Hall–Kier alpha value is -0.279. The molecule has 34 heavy (non-hydrogen) atoms. The Balaban J connectivity index is 3.73. The van der Waals surface area contributed by atoms with Crippen molar-refractivity contribution >= 4 is 25.0 Å². The van der Waals surface area contributed by atoms with Gasteiger partial charge in [-0.25, -0.2) is 0 Å². The van der Waals surface area contributed by atoms with E-state index in [1.165, 1.54) is 0 Å². The van der Waals surface area contributed by atoms with Gasteiger partial charge in [0.2, 0.25) is 0 Å².